The lowest BCUT2D eigenvalue weighted by Gasteiger charge is -1.96. The van der Waals surface area contributed by atoms with Crippen molar-refractivity contribution >= 4 is 18.6 Å². The van der Waals surface area contributed by atoms with Crippen LogP contribution in [0.25, 0.3) is 0 Å². The average Bonchev–Trinajstić information content (AvgIpc) is 1.88. The van der Waals surface area contributed by atoms with Crippen molar-refractivity contribution in [2.24, 2.45) is 11.1 Å². The summed E-state index contributed by atoms with van der Waals surface area (Å²) in [6.45, 7) is 0. The van der Waals surface area contributed by atoms with E-state index in [9.17, 15) is 4.79 Å². The van der Waals surface area contributed by atoms with E-state index in [1.165, 1.54) is 5.34 Å². The van der Waals surface area contributed by atoms with Gasteiger partial charge in [0.05, 0.1) is 0 Å². The van der Waals surface area contributed by atoms with Crippen LogP contribution in [0.3, 0.4) is 0 Å². The van der Waals surface area contributed by atoms with Crippen LogP contribution < -0.4 is 5.73 Å². The van der Waals surface area contributed by atoms with Gasteiger partial charge in [-0.25, -0.2) is 0 Å². The lowest BCUT2D eigenvalue weighted by Crippen LogP contribution is -2.31. The second kappa shape index (κ2) is 8.18. The van der Waals surface area contributed by atoms with Crippen molar-refractivity contribution < 1.29 is 15.1 Å². The predicted molar refractivity (Wildman–Crippen MR) is 37.0 cm³/mol. The highest BCUT2D eigenvalue weighted by Gasteiger charge is 2.06. The zero-order valence-corrected chi connectivity index (χ0v) is 5.86. The van der Waals surface area contributed by atoms with Gasteiger partial charge in [-0.05, 0) is 0 Å². The van der Waals surface area contributed by atoms with E-state index in [4.69, 9.17) is 21.0 Å². The van der Waals surface area contributed by atoms with Crippen molar-refractivity contribution in [2.45, 2.75) is 6.04 Å². The van der Waals surface area contributed by atoms with Crippen molar-refractivity contribution in [1.82, 2.24) is 0 Å². The molecular weight excluding hydrogens is 160 g/mol. The molecule has 60 valence electrons. The van der Waals surface area contributed by atoms with Gasteiger partial charge in [0.1, 0.15) is 6.04 Å². The maximum Gasteiger partial charge on any atom is 0.321 e. The molecule has 0 aromatic rings. The fourth-order valence-corrected chi connectivity index (χ4v) is 0.234. The lowest BCUT2D eigenvalue weighted by atomic mass is 10.4. The Labute approximate surface area is 62.4 Å². The number of carbonyl (C=O) groups is 1. The minimum atomic E-state index is -1.00. The van der Waals surface area contributed by atoms with Gasteiger partial charge in [-0.1, -0.05) is 0 Å². The Morgan fingerprint density at radius 3 is 2.10 bits per heavy atom. The number of thiol groups is 1. The summed E-state index contributed by atoms with van der Waals surface area (Å²) in [4.78, 5) is 17.9. The van der Waals surface area contributed by atoms with Crippen molar-refractivity contribution in [1.29, 1.82) is 0 Å². The van der Waals surface area contributed by atoms with Gasteiger partial charge in [0.25, 0.3) is 0 Å². The topological polar surface area (TPSA) is 113 Å². The van der Waals surface area contributed by atoms with Gasteiger partial charge in [0.2, 0.25) is 0 Å². The monoisotopic (exact) mass is 168 g/mol. The van der Waals surface area contributed by atoms with Crippen LogP contribution >= 0.6 is 12.6 Å². The fourth-order valence-electron chi connectivity index (χ4n) is 0.0781. The van der Waals surface area contributed by atoms with E-state index in [2.05, 4.69) is 12.6 Å². The van der Waals surface area contributed by atoms with E-state index >= 15 is 0 Å². The molecule has 0 heterocycles. The average molecular weight is 168 g/mol. The van der Waals surface area contributed by atoms with Gasteiger partial charge >= 0.3 is 5.97 Å². The first kappa shape index (κ1) is 11.9. The Kier molecular flexibility index (Phi) is 9.75. The molecule has 0 saturated heterocycles. The van der Waals surface area contributed by atoms with Crippen LogP contribution in [-0.2, 0) is 4.79 Å². The van der Waals surface area contributed by atoms with Crippen molar-refractivity contribution in [3.8, 4) is 0 Å². The van der Waals surface area contributed by atoms with E-state index in [1.807, 2.05) is 0 Å². The molecule has 0 fully saturated rings. The zero-order valence-electron chi connectivity index (χ0n) is 4.97. The molecule has 0 aliphatic rings. The van der Waals surface area contributed by atoms with Crippen LogP contribution in [0.15, 0.2) is 5.34 Å². The Morgan fingerprint density at radius 2 is 2.10 bits per heavy atom. The van der Waals surface area contributed by atoms with Crippen molar-refractivity contribution in [3.05, 3.63) is 4.91 Å². The fraction of sp³-hybridized carbons (Fsp3) is 0.667. The predicted octanol–water partition coefficient (Wildman–Crippen LogP) is -0.530. The number of carboxylic acids is 1. The first-order valence-corrected chi connectivity index (χ1v) is 2.79. The maximum absolute atomic E-state index is 9.76. The first-order chi connectivity index (χ1) is 4.59. The van der Waals surface area contributed by atoms with Crippen LogP contribution in [0, 0.1) is 4.91 Å². The number of rotatable bonds is 2. The Balaban J connectivity index is 0. The molecule has 0 radical (unpaired) electrons. The highest BCUT2D eigenvalue weighted by atomic mass is 32.1. The molecule has 0 aliphatic carbocycles. The molecule has 0 saturated carbocycles. The summed E-state index contributed by atoms with van der Waals surface area (Å²) < 4.78 is 0. The molecule has 0 bridgehead atoms. The molecule has 0 aromatic carbocycles. The first-order valence-electron chi connectivity index (χ1n) is 2.16. The van der Waals surface area contributed by atoms with Crippen LogP contribution in [0.1, 0.15) is 0 Å². The largest absolute Gasteiger partial charge is 0.480 e. The summed E-state index contributed by atoms with van der Waals surface area (Å²) >= 11 is 3.65. The number of aliphatic carboxylic acids is 1. The minimum Gasteiger partial charge on any atom is -0.480 e. The maximum atomic E-state index is 9.76. The standard InChI is InChI=1S/C3H7NO2S.HNO2/c4-2(1-7)3(5)6;2-1-3/h2,7H,1,4H2,(H,5,6);(H,2,3). The SMILES string of the molecule is NC(CS)C(=O)O.O=NO. The van der Waals surface area contributed by atoms with Crippen LogP contribution in [0.5, 0.6) is 0 Å². The smallest absolute Gasteiger partial charge is 0.321 e. The lowest BCUT2D eigenvalue weighted by molar-refractivity contribution is -0.137. The third-order valence-corrected chi connectivity index (χ3v) is 0.907. The molecule has 4 N–H and O–H groups in total. The number of nitrogens with two attached hydrogens (primary N) is 1. The summed E-state index contributed by atoms with van der Waals surface area (Å²) in [6, 6.07) is -0.816. The van der Waals surface area contributed by atoms with E-state index in [1.54, 1.807) is 0 Å². The second-order valence-corrected chi connectivity index (χ2v) is 1.57. The summed E-state index contributed by atoms with van der Waals surface area (Å²) in [5.41, 5.74) is 4.94. The Morgan fingerprint density at radius 1 is 1.80 bits per heavy atom. The minimum absolute atomic E-state index is 0.190. The molecule has 1 unspecified atom stereocenters. The normalized spacial score (nSPS) is 10.6. The van der Waals surface area contributed by atoms with Gasteiger partial charge in [-0.15, -0.1) is 4.91 Å². The number of nitrogens with zero attached hydrogens (tertiary/aromatic N) is 1. The van der Waals surface area contributed by atoms with Crippen molar-refractivity contribution in [3.63, 3.8) is 0 Å². The molecule has 0 aromatic heterocycles. The third kappa shape index (κ3) is 10.2. The molecule has 0 aliphatic heterocycles. The summed E-state index contributed by atoms with van der Waals surface area (Å²) in [5, 5.41) is 15.9. The summed E-state index contributed by atoms with van der Waals surface area (Å²) in [7, 11) is 0. The molecule has 6 nitrogen and oxygen atoms in total. The summed E-state index contributed by atoms with van der Waals surface area (Å²) in [5.74, 6) is -0.815. The van der Waals surface area contributed by atoms with Crippen LogP contribution in [-0.4, -0.2) is 28.1 Å². The molecule has 10 heavy (non-hydrogen) atoms. The van der Waals surface area contributed by atoms with E-state index in [0.717, 1.165) is 0 Å². The molecule has 0 rings (SSSR count). The van der Waals surface area contributed by atoms with E-state index < -0.39 is 12.0 Å². The van der Waals surface area contributed by atoms with Gasteiger partial charge < -0.3 is 16.0 Å². The molecule has 7 heteroatoms. The zero-order chi connectivity index (χ0) is 8.57. The molecule has 0 spiro atoms. The summed E-state index contributed by atoms with van der Waals surface area (Å²) in [6.07, 6.45) is 0. The third-order valence-electron chi connectivity index (χ3n) is 0.514. The number of hydrogen-bond acceptors (Lipinski definition) is 5. The Hall–Kier alpha value is -0.820. The molecular formula is C3H8N2O4S. The second-order valence-electron chi connectivity index (χ2n) is 1.21. The Bertz CT molecular complexity index is 109. The van der Waals surface area contributed by atoms with Crippen LogP contribution in [0.2, 0.25) is 0 Å². The van der Waals surface area contributed by atoms with Crippen LogP contribution in [0.4, 0.5) is 0 Å². The van der Waals surface area contributed by atoms with Gasteiger partial charge in [0, 0.05) is 5.75 Å². The number of carboxylic acid groups (broad SMARTS) is 1. The molecule has 0 amide bonds. The van der Waals surface area contributed by atoms with E-state index in [-0.39, 0.29) is 5.75 Å². The van der Waals surface area contributed by atoms with Gasteiger partial charge in [0.15, 0.2) is 5.34 Å². The highest BCUT2D eigenvalue weighted by molar-refractivity contribution is 7.80. The highest BCUT2D eigenvalue weighted by Crippen LogP contribution is 1.80. The molecule has 1 atom stereocenters. The van der Waals surface area contributed by atoms with E-state index in [0.29, 0.717) is 0 Å². The quantitative estimate of drug-likeness (QED) is 0.251. The number of hydrogen-bond donors (Lipinski definition) is 4. The van der Waals surface area contributed by atoms with Gasteiger partial charge in [-0.2, -0.15) is 12.6 Å². The van der Waals surface area contributed by atoms with Crippen molar-refractivity contribution in [2.75, 3.05) is 5.75 Å². The van der Waals surface area contributed by atoms with Gasteiger partial charge in [-0.3, -0.25) is 4.79 Å².